The first kappa shape index (κ1) is 17.2. The van der Waals surface area contributed by atoms with Gasteiger partial charge in [-0.05, 0) is 11.5 Å². The Morgan fingerprint density at radius 1 is 1.22 bits per heavy atom. The monoisotopic (exact) mass is 333 g/mol. The number of hydrogen-bond acceptors (Lipinski definition) is 3. The predicted molar refractivity (Wildman–Crippen MR) is 93.7 cm³/mol. The molecular formula is C17H20ClN3O2. The van der Waals surface area contributed by atoms with Crippen LogP contribution >= 0.6 is 12.4 Å². The van der Waals surface area contributed by atoms with Crippen molar-refractivity contribution >= 4 is 40.7 Å². The van der Waals surface area contributed by atoms with Gasteiger partial charge in [0.05, 0.1) is 11.6 Å². The summed E-state index contributed by atoms with van der Waals surface area (Å²) in [4.78, 5) is 26.1. The molecule has 2 aromatic carbocycles. The Labute approximate surface area is 141 Å². The number of carbonyl (C=O) groups excluding carboxylic acids is 2. The number of halogens is 1. The molecule has 3 rings (SSSR count). The molecule has 5 nitrogen and oxygen atoms in total. The fourth-order valence-electron chi connectivity index (χ4n) is 2.90. The zero-order valence-corrected chi connectivity index (χ0v) is 13.5. The van der Waals surface area contributed by atoms with E-state index < -0.39 is 0 Å². The Hall–Kier alpha value is -2.11. The Balaban J connectivity index is 0.00000192. The van der Waals surface area contributed by atoms with Gasteiger partial charge in [0.25, 0.3) is 0 Å². The molecule has 0 bridgehead atoms. The molecule has 0 aliphatic carbocycles. The van der Waals surface area contributed by atoms with Crippen LogP contribution in [0, 0.1) is 5.92 Å². The van der Waals surface area contributed by atoms with Crippen LogP contribution in [-0.4, -0.2) is 31.4 Å². The number of rotatable bonds is 4. The fourth-order valence-corrected chi connectivity index (χ4v) is 2.90. The van der Waals surface area contributed by atoms with E-state index in [-0.39, 0.29) is 36.6 Å². The lowest BCUT2D eigenvalue weighted by atomic mass is 10.1. The van der Waals surface area contributed by atoms with E-state index in [0.717, 1.165) is 16.5 Å². The highest BCUT2D eigenvalue weighted by atomic mass is 35.5. The minimum Gasteiger partial charge on any atom is -0.355 e. The highest BCUT2D eigenvalue weighted by Crippen LogP contribution is 2.31. The van der Waals surface area contributed by atoms with E-state index in [1.54, 1.807) is 4.90 Å². The molecule has 6 heteroatoms. The molecule has 0 spiro atoms. The zero-order valence-electron chi connectivity index (χ0n) is 12.7. The van der Waals surface area contributed by atoms with Gasteiger partial charge in [-0.2, -0.15) is 0 Å². The first-order valence-corrected chi connectivity index (χ1v) is 7.46. The minimum atomic E-state index is -0.307. The molecule has 2 amide bonds. The maximum Gasteiger partial charge on any atom is 0.227 e. The smallest absolute Gasteiger partial charge is 0.227 e. The van der Waals surface area contributed by atoms with Crippen LogP contribution in [0.1, 0.15) is 6.42 Å². The van der Waals surface area contributed by atoms with Gasteiger partial charge in [0, 0.05) is 31.4 Å². The number of nitrogens with zero attached hydrogens (tertiary/aromatic N) is 1. The highest BCUT2D eigenvalue weighted by Gasteiger charge is 2.35. The summed E-state index contributed by atoms with van der Waals surface area (Å²) in [6.07, 6.45) is 0.250. The van der Waals surface area contributed by atoms with Crippen LogP contribution in [0.3, 0.4) is 0 Å². The molecule has 1 saturated heterocycles. The van der Waals surface area contributed by atoms with Gasteiger partial charge in [-0.15, -0.1) is 12.4 Å². The van der Waals surface area contributed by atoms with Gasteiger partial charge in [0.15, 0.2) is 0 Å². The minimum absolute atomic E-state index is 0. The highest BCUT2D eigenvalue weighted by molar-refractivity contribution is 6.06. The van der Waals surface area contributed by atoms with Crippen LogP contribution in [0.4, 0.5) is 5.69 Å². The van der Waals surface area contributed by atoms with Gasteiger partial charge < -0.3 is 16.0 Å². The zero-order chi connectivity index (χ0) is 15.5. The Morgan fingerprint density at radius 3 is 2.74 bits per heavy atom. The van der Waals surface area contributed by atoms with E-state index in [1.165, 1.54) is 0 Å². The maximum absolute atomic E-state index is 12.3. The van der Waals surface area contributed by atoms with Gasteiger partial charge >= 0.3 is 0 Å². The van der Waals surface area contributed by atoms with Crippen molar-refractivity contribution in [3.8, 4) is 0 Å². The largest absolute Gasteiger partial charge is 0.355 e. The standard InChI is InChI=1S/C17H19N3O2.ClH/c18-8-9-19-17(22)13-10-16(21)20(11-13)15-7-3-5-12-4-1-2-6-14(12)15;/h1-7,13H,8-11,18H2,(H,19,22);1H. The molecular weight excluding hydrogens is 314 g/mol. The summed E-state index contributed by atoms with van der Waals surface area (Å²) in [6.45, 7) is 1.26. The number of benzene rings is 2. The van der Waals surface area contributed by atoms with Crippen molar-refractivity contribution in [1.82, 2.24) is 5.32 Å². The molecule has 1 atom stereocenters. The topological polar surface area (TPSA) is 75.4 Å². The van der Waals surface area contributed by atoms with E-state index >= 15 is 0 Å². The van der Waals surface area contributed by atoms with Gasteiger partial charge in [0.1, 0.15) is 0 Å². The molecule has 3 N–H and O–H groups in total. The number of carbonyl (C=O) groups is 2. The van der Waals surface area contributed by atoms with Crippen molar-refractivity contribution < 1.29 is 9.59 Å². The lowest BCUT2D eigenvalue weighted by Gasteiger charge is -2.19. The second-order valence-electron chi connectivity index (χ2n) is 5.48. The van der Waals surface area contributed by atoms with E-state index in [1.807, 2.05) is 42.5 Å². The molecule has 0 aromatic heterocycles. The maximum atomic E-state index is 12.3. The third kappa shape index (κ3) is 3.46. The first-order chi connectivity index (χ1) is 10.7. The quantitative estimate of drug-likeness (QED) is 0.894. The van der Waals surface area contributed by atoms with Crippen molar-refractivity contribution in [2.24, 2.45) is 11.7 Å². The van der Waals surface area contributed by atoms with Crippen molar-refractivity contribution in [2.45, 2.75) is 6.42 Å². The SMILES string of the molecule is Cl.NCCNC(=O)C1CC(=O)N(c2cccc3ccccc23)C1. The average molecular weight is 334 g/mol. The van der Waals surface area contributed by atoms with Crippen LogP contribution in [0.25, 0.3) is 10.8 Å². The predicted octanol–water partition coefficient (Wildman–Crippen LogP) is 1.69. The van der Waals surface area contributed by atoms with Crippen molar-refractivity contribution in [3.63, 3.8) is 0 Å². The molecule has 2 aromatic rings. The van der Waals surface area contributed by atoms with Crippen LogP contribution < -0.4 is 16.0 Å². The summed E-state index contributed by atoms with van der Waals surface area (Å²) < 4.78 is 0. The van der Waals surface area contributed by atoms with Crippen molar-refractivity contribution in [1.29, 1.82) is 0 Å². The number of hydrogen-bond donors (Lipinski definition) is 2. The van der Waals surface area contributed by atoms with Gasteiger partial charge in [-0.1, -0.05) is 36.4 Å². The van der Waals surface area contributed by atoms with E-state index in [2.05, 4.69) is 5.32 Å². The van der Waals surface area contributed by atoms with Crippen molar-refractivity contribution in [2.75, 3.05) is 24.5 Å². The summed E-state index contributed by atoms with van der Waals surface area (Å²) >= 11 is 0. The van der Waals surface area contributed by atoms with E-state index in [9.17, 15) is 9.59 Å². The van der Waals surface area contributed by atoms with Gasteiger partial charge in [-0.25, -0.2) is 0 Å². The van der Waals surface area contributed by atoms with Gasteiger partial charge in [-0.3, -0.25) is 9.59 Å². The molecule has 1 aliphatic heterocycles. The van der Waals surface area contributed by atoms with Crippen LogP contribution in [0.2, 0.25) is 0 Å². The average Bonchev–Trinajstić information content (AvgIpc) is 2.94. The first-order valence-electron chi connectivity index (χ1n) is 7.46. The number of anilines is 1. The Morgan fingerprint density at radius 2 is 1.96 bits per heavy atom. The van der Waals surface area contributed by atoms with E-state index in [0.29, 0.717) is 19.6 Å². The number of nitrogens with one attached hydrogen (secondary N) is 1. The molecule has 23 heavy (non-hydrogen) atoms. The second-order valence-corrected chi connectivity index (χ2v) is 5.48. The molecule has 1 unspecified atom stereocenters. The third-order valence-corrected chi connectivity index (χ3v) is 4.00. The van der Waals surface area contributed by atoms with Gasteiger partial charge in [0.2, 0.25) is 11.8 Å². The Kier molecular flexibility index (Phi) is 5.58. The van der Waals surface area contributed by atoms with E-state index in [4.69, 9.17) is 5.73 Å². The van der Waals surface area contributed by atoms with Crippen LogP contribution in [-0.2, 0) is 9.59 Å². The summed E-state index contributed by atoms with van der Waals surface area (Å²) in [5, 5.41) is 4.88. The lowest BCUT2D eigenvalue weighted by molar-refractivity contribution is -0.126. The third-order valence-electron chi connectivity index (χ3n) is 4.00. The second kappa shape index (κ2) is 7.44. The Bertz CT molecular complexity index is 715. The molecule has 0 radical (unpaired) electrons. The number of fused-ring (bicyclic) bond motifs is 1. The number of amides is 2. The molecule has 0 saturated carbocycles. The molecule has 1 aliphatic rings. The lowest BCUT2D eigenvalue weighted by Crippen LogP contribution is -2.35. The summed E-state index contributed by atoms with van der Waals surface area (Å²) in [6, 6.07) is 13.8. The summed E-state index contributed by atoms with van der Waals surface area (Å²) in [7, 11) is 0. The van der Waals surface area contributed by atoms with Crippen LogP contribution in [0.15, 0.2) is 42.5 Å². The molecule has 122 valence electrons. The number of nitrogens with two attached hydrogens (primary N) is 1. The molecule has 1 heterocycles. The molecule has 1 fully saturated rings. The van der Waals surface area contributed by atoms with Crippen LogP contribution in [0.5, 0.6) is 0 Å². The summed E-state index contributed by atoms with van der Waals surface area (Å²) in [5.74, 6) is -0.413. The van der Waals surface area contributed by atoms with Crippen molar-refractivity contribution in [3.05, 3.63) is 42.5 Å². The fraction of sp³-hybridized carbons (Fsp3) is 0.294. The summed E-state index contributed by atoms with van der Waals surface area (Å²) in [5.41, 5.74) is 6.26. The normalized spacial score (nSPS) is 17.2.